The molecule has 0 saturated heterocycles. The molecule has 6 heteroatoms. The lowest BCUT2D eigenvalue weighted by Gasteiger charge is -2.10. The van der Waals surface area contributed by atoms with Crippen LogP contribution in [0.5, 0.6) is 0 Å². The van der Waals surface area contributed by atoms with Crippen molar-refractivity contribution < 1.29 is 9.53 Å². The number of likely N-dealkylation sites (N-methyl/N-ethyl adjacent to an activating group) is 1. The zero-order valence-electron chi connectivity index (χ0n) is 12.5. The molecule has 21 heavy (non-hydrogen) atoms. The molecule has 0 bridgehead atoms. The van der Waals surface area contributed by atoms with E-state index >= 15 is 0 Å². The van der Waals surface area contributed by atoms with Gasteiger partial charge in [0.1, 0.15) is 5.69 Å². The number of hydrogen-bond donors (Lipinski definition) is 3. The molecular formula is C15H22N4O2. The van der Waals surface area contributed by atoms with Crippen molar-refractivity contribution in [2.24, 2.45) is 0 Å². The van der Waals surface area contributed by atoms with Gasteiger partial charge in [-0.2, -0.15) is 0 Å². The summed E-state index contributed by atoms with van der Waals surface area (Å²) in [5, 5.41) is 3.76. The van der Waals surface area contributed by atoms with Crippen LogP contribution in [0.2, 0.25) is 0 Å². The zero-order valence-corrected chi connectivity index (χ0v) is 12.5. The first-order valence-electron chi connectivity index (χ1n) is 6.95. The first-order chi connectivity index (χ1) is 10.1. The predicted molar refractivity (Wildman–Crippen MR) is 84.4 cm³/mol. The third-order valence-corrected chi connectivity index (χ3v) is 3.10. The summed E-state index contributed by atoms with van der Waals surface area (Å²) in [7, 11) is 3.99. The van der Waals surface area contributed by atoms with Crippen LogP contribution in [0.25, 0.3) is 10.9 Å². The van der Waals surface area contributed by atoms with Crippen LogP contribution in [0.4, 0.5) is 5.69 Å². The van der Waals surface area contributed by atoms with Crippen molar-refractivity contribution >= 4 is 22.5 Å². The molecule has 0 spiro atoms. The number of nitrogens with one attached hydrogen (secondary N) is 2. The zero-order chi connectivity index (χ0) is 15.2. The molecule has 0 radical (unpaired) electrons. The minimum absolute atomic E-state index is 0.138. The molecule has 0 aliphatic rings. The lowest BCUT2D eigenvalue weighted by atomic mass is 10.2. The number of anilines is 1. The van der Waals surface area contributed by atoms with Crippen LogP contribution in [-0.4, -0.2) is 56.2 Å². The SMILES string of the molecule is CN(C)CCOCCNC(=O)c1cc2cc(N)ccc2[nH]1. The van der Waals surface area contributed by atoms with Crippen LogP contribution in [0.15, 0.2) is 24.3 Å². The lowest BCUT2D eigenvalue weighted by Crippen LogP contribution is -2.28. The third-order valence-electron chi connectivity index (χ3n) is 3.10. The second kappa shape index (κ2) is 7.10. The molecule has 1 heterocycles. The average Bonchev–Trinajstić information content (AvgIpc) is 2.85. The summed E-state index contributed by atoms with van der Waals surface area (Å²) < 4.78 is 5.42. The fourth-order valence-electron chi connectivity index (χ4n) is 1.95. The van der Waals surface area contributed by atoms with E-state index in [4.69, 9.17) is 10.5 Å². The fraction of sp³-hybridized carbons (Fsp3) is 0.400. The van der Waals surface area contributed by atoms with Crippen LogP contribution in [0.3, 0.4) is 0 Å². The van der Waals surface area contributed by atoms with Crippen LogP contribution in [-0.2, 0) is 4.74 Å². The van der Waals surface area contributed by atoms with Gasteiger partial charge < -0.3 is 25.7 Å². The van der Waals surface area contributed by atoms with Gasteiger partial charge in [0.15, 0.2) is 0 Å². The summed E-state index contributed by atoms with van der Waals surface area (Å²) in [6.45, 7) is 2.53. The average molecular weight is 290 g/mol. The normalized spacial score (nSPS) is 11.2. The van der Waals surface area contributed by atoms with Gasteiger partial charge in [-0.1, -0.05) is 0 Å². The Hall–Kier alpha value is -2.05. The van der Waals surface area contributed by atoms with E-state index in [2.05, 4.69) is 15.2 Å². The number of aromatic nitrogens is 1. The van der Waals surface area contributed by atoms with Crippen molar-refractivity contribution in [3.63, 3.8) is 0 Å². The summed E-state index contributed by atoms with van der Waals surface area (Å²) in [5.41, 5.74) is 7.84. The molecule has 2 aromatic rings. The third kappa shape index (κ3) is 4.47. The van der Waals surface area contributed by atoms with Crippen LogP contribution in [0, 0.1) is 0 Å². The van der Waals surface area contributed by atoms with E-state index in [1.165, 1.54) is 0 Å². The Morgan fingerprint density at radius 3 is 2.90 bits per heavy atom. The van der Waals surface area contributed by atoms with Crippen molar-refractivity contribution in [3.8, 4) is 0 Å². The highest BCUT2D eigenvalue weighted by molar-refractivity contribution is 5.98. The van der Waals surface area contributed by atoms with Gasteiger partial charge in [0.25, 0.3) is 5.91 Å². The molecule has 1 aromatic carbocycles. The van der Waals surface area contributed by atoms with Crippen molar-refractivity contribution in [2.45, 2.75) is 0 Å². The molecule has 6 nitrogen and oxygen atoms in total. The van der Waals surface area contributed by atoms with E-state index in [1.54, 1.807) is 12.1 Å². The van der Waals surface area contributed by atoms with Gasteiger partial charge in [-0.15, -0.1) is 0 Å². The van der Waals surface area contributed by atoms with Crippen LogP contribution >= 0.6 is 0 Å². The second-order valence-electron chi connectivity index (χ2n) is 5.20. The fourth-order valence-corrected chi connectivity index (χ4v) is 1.95. The maximum Gasteiger partial charge on any atom is 0.267 e. The minimum Gasteiger partial charge on any atom is -0.399 e. The smallest absolute Gasteiger partial charge is 0.267 e. The quantitative estimate of drug-likeness (QED) is 0.526. The number of aromatic amines is 1. The van der Waals surface area contributed by atoms with Crippen LogP contribution < -0.4 is 11.1 Å². The maximum absolute atomic E-state index is 12.0. The Balaban J connectivity index is 1.79. The lowest BCUT2D eigenvalue weighted by molar-refractivity contribution is 0.0896. The highest BCUT2D eigenvalue weighted by Crippen LogP contribution is 2.18. The molecule has 0 unspecified atom stereocenters. The number of nitrogens with two attached hydrogens (primary N) is 1. The van der Waals surface area contributed by atoms with Crippen molar-refractivity contribution in [2.75, 3.05) is 46.1 Å². The highest BCUT2D eigenvalue weighted by Gasteiger charge is 2.08. The first kappa shape index (κ1) is 15.3. The molecule has 1 amide bonds. The number of hydrogen-bond acceptors (Lipinski definition) is 4. The summed E-state index contributed by atoms with van der Waals surface area (Å²) in [6, 6.07) is 7.31. The van der Waals surface area contributed by atoms with Gasteiger partial charge in [-0.25, -0.2) is 0 Å². The maximum atomic E-state index is 12.0. The van der Waals surface area contributed by atoms with E-state index in [-0.39, 0.29) is 5.91 Å². The molecule has 2 rings (SSSR count). The molecule has 1 aromatic heterocycles. The topological polar surface area (TPSA) is 83.4 Å². The Morgan fingerprint density at radius 2 is 2.14 bits per heavy atom. The highest BCUT2D eigenvalue weighted by atomic mass is 16.5. The number of fused-ring (bicyclic) bond motifs is 1. The summed E-state index contributed by atoms with van der Waals surface area (Å²) in [4.78, 5) is 17.1. The standard InChI is InChI=1S/C15H22N4O2/c1-19(2)6-8-21-7-5-17-15(20)14-10-11-9-12(16)3-4-13(11)18-14/h3-4,9-10,18H,5-8,16H2,1-2H3,(H,17,20). The molecule has 0 fully saturated rings. The number of rotatable bonds is 7. The molecular weight excluding hydrogens is 268 g/mol. The van der Waals surface area contributed by atoms with Crippen molar-refractivity contribution in [1.29, 1.82) is 0 Å². The number of nitrogens with zero attached hydrogens (tertiary/aromatic N) is 1. The number of ether oxygens (including phenoxy) is 1. The minimum atomic E-state index is -0.138. The Labute approximate surface area is 124 Å². The van der Waals surface area contributed by atoms with Gasteiger partial charge in [0.2, 0.25) is 0 Å². The van der Waals surface area contributed by atoms with E-state index in [1.807, 2.05) is 26.2 Å². The van der Waals surface area contributed by atoms with Gasteiger partial charge in [0, 0.05) is 29.7 Å². The van der Waals surface area contributed by atoms with Gasteiger partial charge in [-0.3, -0.25) is 4.79 Å². The number of benzene rings is 1. The summed E-state index contributed by atoms with van der Waals surface area (Å²) >= 11 is 0. The molecule has 0 aliphatic heterocycles. The second-order valence-corrected chi connectivity index (χ2v) is 5.20. The van der Waals surface area contributed by atoms with E-state index in [0.717, 1.165) is 17.4 Å². The number of nitrogen functional groups attached to an aromatic ring is 1. The van der Waals surface area contributed by atoms with E-state index in [0.29, 0.717) is 31.1 Å². The molecule has 0 atom stereocenters. The van der Waals surface area contributed by atoms with Crippen molar-refractivity contribution in [1.82, 2.24) is 15.2 Å². The largest absolute Gasteiger partial charge is 0.399 e. The molecule has 4 N–H and O–H groups in total. The summed E-state index contributed by atoms with van der Waals surface area (Å²) in [6.07, 6.45) is 0. The van der Waals surface area contributed by atoms with E-state index in [9.17, 15) is 4.79 Å². The van der Waals surface area contributed by atoms with Gasteiger partial charge in [-0.05, 0) is 38.4 Å². The van der Waals surface area contributed by atoms with Gasteiger partial charge in [0.05, 0.1) is 13.2 Å². The molecule has 0 aliphatic carbocycles. The van der Waals surface area contributed by atoms with Crippen LogP contribution in [0.1, 0.15) is 10.5 Å². The Bertz CT molecular complexity index is 607. The number of H-pyrrole nitrogens is 1. The molecule has 114 valence electrons. The number of carbonyl (C=O) groups excluding carboxylic acids is 1. The van der Waals surface area contributed by atoms with Gasteiger partial charge >= 0.3 is 0 Å². The predicted octanol–water partition coefficient (Wildman–Crippen LogP) is 1.06. The molecule has 0 saturated carbocycles. The van der Waals surface area contributed by atoms with E-state index < -0.39 is 0 Å². The summed E-state index contributed by atoms with van der Waals surface area (Å²) in [5.74, 6) is -0.138. The number of carbonyl (C=O) groups is 1. The van der Waals surface area contributed by atoms with Crippen molar-refractivity contribution in [3.05, 3.63) is 30.0 Å². The Kier molecular flexibility index (Phi) is 5.19. The number of amides is 1. The first-order valence-corrected chi connectivity index (χ1v) is 6.95. The Morgan fingerprint density at radius 1 is 1.33 bits per heavy atom. The monoisotopic (exact) mass is 290 g/mol.